The molecule has 2 fully saturated rings. The zero-order valence-electron chi connectivity index (χ0n) is 15.9. The third-order valence-electron chi connectivity index (χ3n) is 5.37. The first-order chi connectivity index (χ1) is 12.2. The third kappa shape index (κ3) is 5.60. The minimum Gasteiger partial charge on any atom is -0.496 e. The fourth-order valence-electron chi connectivity index (χ4n) is 4.01. The molecule has 0 spiro atoms. The van der Waals surface area contributed by atoms with Crippen molar-refractivity contribution in [3.05, 3.63) is 29.3 Å². The molecular weight excluding hydrogens is 350 g/mol. The fourth-order valence-corrected chi connectivity index (χ4v) is 4.01. The maximum absolute atomic E-state index is 12.2. The molecule has 2 heterocycles. The van der Waals surface area contributed by atoms with E-state index >= 15 is 0 Å². The van der Waals surface area contributed by atoms with Crippen LogP contribution in [-0.2, 0) is 11.3 Å². The number of hydrogen-bond acceptors (Lipinski definition) is 4. The van der Waals surface area contributed by atoms with Crippen LogP contribution in [0.1, 0.15) is 36.8 Å². The topological polar surface area (TPSA) is 53.6 Å². The largest absolute Gasteiger partial charge is 0.496 e. The number of carbonyl (C=O) groups excluding carboxylic acids is 1. The van der Waals surface area contributed by atoms with Crippen LogP contribution in [0.2, 0.25) is 0 Å². The summed E-state index contributed by atoms with van der Waals surface area (Å²) in [6.45, 7) is 6.95. The molecule has 2 aliphatic heterocycles. The summed E-state index contributed by atoms with van der Waals surface area (Å²) in [5.74, 6) is 1.68. The van der Waals surface area contributed by atoms with E-state index < -0.39 is 0 Å². The van der Waals surface area contributed by atoms with E-state index in [1.165, 1.54) is 24.0 Å². The van der Waals surface area contributed by atoms with E-state index in [9.17, 15) is 4.79 Å². The number of benzene rings is 1. The van der Waals surface area contributed by atoms with Gasteiger partial charge in [-0.05, 0) is 57.7 Å². The average Bonchev–Trinajstić information content (AvgIpc) is 3.15. The van der Waals surface area contributed by atoms with Gasteiger partial charge in [0.15, 0.2) is 0 Å². The van der Waals surface area contributed by atoms with Crippen molar-refractivity contribution >= 4 is 18.3 Å². The van der Waals surface area contributed by atoms with Crippen molar-refractivity contribution < 1.29 is 9.53 Å². The molecule has 2 unspecified atom stereocenters. The van der Waals surface area contributed by atoms with Gasteiger partial charge >= 0.3 is 0 Å². The molecule has 2 N–H and O–H groups in total. The van der Waals surface area contributed by atoms with Crippen molar-refractivity contribution in [2.24, 2.45) is 5.92 Å². The summed E-state index contributed by atoms with van der Waals surface area (Å²) in [4.78, 5) is 14.7. The summed E-state index contributed by atoms with van der Waals surface area (Å²) in [7, 11) is 1.74. The quantitative estimate of drug-likeness (QED) is 0.795. The number of likely N-dealkylation sites (tertiary alicyclic amines) is 1. The summed E-state index contributed by atoms with van der Waals surface area (Å²) < 4.78 is 5.51. The van der Waals surface area contributed by atoms with Crippen LogP contribution in [0.5, 0.6) is 5.75 Å². The molecule has 0 bridgehead atoms. The molecule has 1 amide bonds. The lowest BCUT2D eigenvalue weighted by atomic mass is 9.97. The second kappa shape index (κ2) is 10.1. The van der Waals surface area contributed by atoms with Crippen LogP contribution in [0.15, 0.2) is 18.2 Å². The van der Waals surface area contributed by atoms with Crippen LogP contribution in [0, 0.1) is 12.8 Å². The van der Waals surface area contributed by atoms with E-state index in [4.69, 9.17) is 4.74 Å². The summed E-state index contributed by atoms with van der Waals surface area (Å²) in [5.41, 5.74) is 2.52. The minimum atomic E-state index is 0. The molecule has 0 aliphatic carbocycles. The number of rotatable bonds is 6. The van der Waals surface area contributed by atoms with Crippen LogP contribution >= 0.6 is 12.4 Å². The highest BCUT2D eigenvalue weighted by Crippen LogP contribution is 2.24. The standard InChI is InChI=1S/C20H31N3O2.ClH/c1-15-7-8-19(25-2)17(11-15)14-23-10-4-5-16(13-23)12-22-20(24)18-6-3-9-21-18;/h7-8,11,16,18,21H,3-6,9-10,12-14H2,1-2H3,(H,22,24);1H. The Bertz CT molecular complexity index is 590. The Morgan fingerprint density at radius 2 is 2.19 bits per heavy atom. The molecule has 1 aromatic carbocycles. The normalized spacial score (nSPS) is 23.3. The lowest BCUT2D eigenvalue weighted by Gasteiger charge is -2.33. The molecule has 6 heteroatoms. The van der Waals surface area contributed by atoms with E-state index in [0.29, 0.717) is 5.92 Å². The summed E-state index contributed by atoms with van der Waals surface area (Å²) in [6.07, 6.45) is 4.46. The minimum absolute atomic E-state index is 0. The van der Waals surface area contributed by atoms with E-state index in [-0.39, 0.29) is 24.4 Å². The highest BCUT2D eigenvalue weighted by Gasteiger charge is 2.25. The van der Waals surface area contributed by atoms with E-state index in [1.807, 2.05) is 0 Å². The first-order valence-electron chi connectivity index (χ1n) is 9.52. The molecule has 3 rings (SSSR count). The van der Waals surface area contributed by atoms with Gasteiger partial charge in [-0.25, -0.2) is 0 Å². The maximum Gasteiger partial charge on any atom is 0.237 e. The number of halogens is 1. The number of hydrogen-bond donors (Lipinski definition) is 2. The van der Waals surface area contributed by atoms with Gasteiger partial charge in [-0.2, -0.15) is 0 Å². The molecule has 0 aromatic heterocycles. The molecule has 0 radical (unpaired) electrons. The molecule has 5 nitrogen and oxygen atoms in total. The van der Waals surface area contributed by atoms with Gasteiger partial charge in [0.05, 0.1) is 13.2 Å². The zero-order valence-corrected chi connectivity index (χ0v) is 16.7. The van der Waals surface area contributed by atoms with Crippen molar-refractivity contribution in [1.29, 1.82) is 0 Å². The molecule has 0 saturated carbocycles. The Morgan fingerprint density at radius 3 is 2.92 bits per heavy atom. The van der Waals surface area contributed by atoms with Crippen molar-refractivity contribution in [3.8, 4) is 5.75 Å². The Kier molecular flexibility index (Phi) is 8.19. The highest BCUT2D eigenvalue weighted by atomic mass is 35.5. The monoisotopic (exact) mass is 381 g/mol. The molecule has 2 atom stereocenters. The zero-order chi connectivity index (χ0) is 17.6. The molecule has 26 heavy (non-hydrogen) atoms. The van der Waals surface area contributed by atoms with Gasteiger partial charge in [0.1, 0.15) is 5.75 Å². The third-order valence-corrected chi connectivity index (χ3v) is 5.37. The van der Waals surface area contributed by atoms with E-state index in [1.54, 1.807) is 7.11 Å². The summed E-state index contributed by atoms with van der Waals surface area (Å²) in [5, 5.41) is 6.42. The Morgan fingerprint density at radius 1 is 1.35 bits per heavy atom. The predicted octanol–water partition coefficient (Wildman–Crippen LogP) is 2.51. The number of nitrogens with one attached hydrogen (secondary N) is 2. The second-order valence-corrected chi connectivity index (χ2v) is 7.45. The lowest BCUT2D eigenvalue weighted by Crippen LogP contribution is -2.45. The lowest BCUT2D eigenvalue weighted by molar-refractivity contribution is -0.123. The summed E-state index contributed by atoms with van der Waals surface area (Å²) >= 11 is 0. The Labute approximate surface area is 163 Å². The van der Waals surface area contributed by atoms with Crippen LogP contribution in [0.25, 0.3) is 0 Å². The molecule has 146 valence electrons. The van der Waals surface area contributed by atoms with Crippen molar-refractivity contribution in [2.75, 3.05) is 33.3 Å². The molecular formula is C20H32ClN3O2. The number of amides is 1. The van der Waals surface area contributed by atoms with Crippen molar-refractivity contribution in [3.63, 3.8) is 0 Å². The molecule has 2 aliphatic rings. The van der Waals surface area contributed by atoms with Crippen molar-refractivity contribution in [1.82, 2.24) is 15.5 Å². The smallest absolute Gasteiger partial charge is 0.237 e. The SMILES string of the molecule is COc1ccc(C)cc1CN1CCCC(CNC(=O)C2CCCN2)C1.Cl. The van der Waals surface area contributed by atoms with E-state index in [0.717, 1.165) is 51.3 Å². The van der Waals surface area contributed by atoms with Crippen LogP contribution in [0.4, 0.5) is 0 Å². The second-order valence-electron chi connectivity index (χ2n) is 7.45. The first kappa shape index (κ1) is 21.0. The van der Waals surface area contributed by atoms with E-state index in [2.05, 4.69) is 40.7 Å². The number of aryl methyl sites for hydroxylation is 1. The van der Waals surface area contributed by atoms with Crippen LogP contribution in [-0.4, -0.2) is 50.1 Å². The average molecular weight is 382 g/mol. The highest BCUT2D eigenvalue weighted by molar-refractivity contribution is 5.85. The Hall–Kier alpha value is -1.30. The summed E-state index contributed by atoms with van der Waals surface area (Å²) in [6, 6.07) is 6.39. The number of ether oxygens (including phenoxy) is 1. The Balaban J connectivity index is 0.00000243. The number of carbonyl (C=O) groups is 1. The van der Waals surface area contributed by atoms with Gasteiger partial charge in [-0.1, -0.05) is 17.7 Å². The van der Waals surface area contributed by atoms with Gasteiger partial charge < -0.3 is 15.4 Å². The number of piperidine rings is 1. The van der Waals surface area contributed by atoms with Gasteiger partial charge in [0, 0.05) is 25.2 Å². The fraction of sp³-hybridized carbons (Fsp3) is 0.650. The molecule has 1 aromatic rings. The van der Waals surface area contributed by atoms with Crippen molar-refractivity contribution in [2.45, 2.75) is 45.2 Å². The van der Waals surface area contributed by atoms with Gasteiger partial charge in [0.25, 0.3) is 0 Å². The van der Waals surface area contributed by atoms with Gasteiger partial charge in [0.2, 0.25) is 5.91 Å². The van der Waals surface area contributed by atoms with Crippen LogP contribution in [0.3, 0.4) is 0 Å². The van der Waals surface area contributed by atoms with Crippen LogP contribution < -0.4 is 15.4 Å². The number of methoxy groups -OCH3 is 1. The van der Waals surface area contributed by atoms with Gasteiger partial charge in [-0.3, -0.25) is 9.69 Å². The number of nitrogens with zero attached hydrogens (tertiary/aromatic N) is 1. The molecule has 2 saturated heterocycles. The first-order valence-corrected chi connectivity index (χ1v) is 9.52. The van der Waals surface area contributed by atoms with Gasteiger partial charge in [-0.15, -0.1) is 12.4 Å². The predicted molar refractivity (Wildman–Crippen MR) is 107 cm³/mol. The maximum atomic E-state index is 12.2.